The Kier molecular flexibility index (Phi) is 2.59. The van der Waals surface area contributed by atoms with E-state index in [0.29, 0.717) is 11.3 Å². The normalized spacial score (nSPS) is 27.1. The first-order valence-corrected chi connectivity index (χ1v) is 5.23. The fourth-order valence-corrected chi connectivity index (χ4v) is 1.81. The summed E-state index contributed by atoms with van der Waals surface area (Å²) in [7, 11) is 0. The van der Waals surface area contributed by atoms with E-state index >= 15 is 0 Å². The van der Waals surface area contributed by atoms with Crippen molar-refractivity contribution in [2.75, 3.05) is 6.61 Å². The number of aliphatic hydroxyl groups excluding tert-OH is 1. The van der Waals surface area contributed by atoms with Gasteiger partial charge in [0.25, 0.3) is 0 Å². The lowest BCUT2D eigenvalue weighted by molar-refractivity contribution is -0.167. The molecule has 4 nitrogen and oxygen atoms in total. The summed E-state index contributed by atoms with van der Waals surface area (Å²) >= 11 is 0. The molecule has 1 heterocycles. The van der Waals surface area contributed by atoms with Gasteiger partial charge < -0.3 is 14.6 Å². The van der Waals surface area contributed by atoms with Gasteiger partial charge >= 0.3 is 5.97 Å². The van der Waals surface area contributed by atoms with Crippen LogP contribution in [-0.2, 0) is 9.53 Å². The molecule has 0 aromatic heterocycles. The van der Waals surface area contributed by atoms with Crippen LogP contribution in [0.2, 0.25) is 0 Å². The number of rotatable bonds is 2. The van der Waals surface area contributed by atoms with Crippen molar-refractivity contribution in [3.8, 4) is 5.75 Å². The van der Waals surface area contributed by atoms with Crippen LogP contribution in [0.1, 0.15) is 25.5 Å². The molecule has 1 N–H and O–H groups in total. The Morgan fingerprint density at radius 1 is 1.56 bits per heavy atom. The highest BCUT2D eigenvalue weighted by Crippen LogP contribution is 2.43. The Morgan fingerprint density at radius 2 is 2.25 bits per heavy atom. The van der Waals surface area contributed by atoms with Crippen molar-refractivity contribution in [1.82, 2.24) is 0 Å². The van der Waals surface area contributed by atoms with Crippen LogP contribution in [-0.4, -0.2) is 23.3 Å². The SMILES string of the molecule is CCOC(=O)C1(C)Oc2ccccc2C1O. The molecule has 0 bridgehead atoms. The highest BCUT2D eigenvalue weighted by molar-refractivity contribution is 5.82. The highest BCUT2D eigenvalue weighted by Gasteiger charge is 2.51. The van der Waals surface area contributed by atoms with E-state index in [-0.39, 0.29) is 6.61 Å². The van der Waals surface area contributed by atoms with E-state index < -0.39 is 17.7 Å². The van der Waals surface area contributed by atoms with Crippen molar-refractivity contribution >= 4 is 5.97 Å². The third-order valence-electron chi connectivity index (χ3n) is 2.74. The zero-order chi connectivity index (χ0) is 11.8. The van der Waals surface area contributed by atoms with E-state index in [4.69, 9.17) is 9.47 Å². The molecule has 0 fully saturated rings. The quantitative estimate of drug-likeness (QED) is 0.769. The summed E-state index contributed by atoms with van der Waals surface area (Å²) in [6.07, 6.45) is -0.984. The third-order valence-corrected chi connectivity index (χ3v) is 2.74. The minimum absolute atomic E-state index is 0.265. The van der Waals surface area contributed by atoms with Crippen LogP contribution in [0.25, 0.3) is 0 Å². The lowest BCUT2D eigenvalue weighted by Gasteiger charge is -2.24. The van der Waals surface area contributed by atoms with E-state index in [1.165, 1.54) is 6.92 Å². The summed E-state index contributed by atoms with van der Waals surface area (Å²) in [4.78, 5) is 11.7. The first-order valence-electron chi connectivity index (χ1n) is 5.23. The molecule has 1 aliphatic heterocycles. The maximum atomic E-state index is 11.7. The molecular formula is C12H14O4. The molecule has 2 unspecified atom stereocenters. The summed E-state index contributed by atoms with van der Waals surface area (Å²) in [6.45, 7) is 3.52. The van der Waals surface area contributed by atoms with E-state index in [1.54, 1.807) is 31.2 Å². The second-order valence-corrected chi connectivity index (χ2v) is 3.87. The Balaban J connectivity index is 2.32. The number of aliphatic hydroxyl groups is 1. The topological polar surface area (TPSA) is 55.8 Å². The summed E-state index contributed by atoms with van der Waals surface area (Å²) in [5.74, 6) is -0.00995. The third kappa shape index (κ3) is 1.46. The largest absolute Gasteiger partial charge is 0.472 e. The number of esters is 1. The van der Waals surface area contributed by atoms with Gasteiger partial charge in [-0.05, 0) is 19.9 Å². The van der Waals surface area contributed by atoms with Crippen LogP contribution in [0, 0.1) is 0 Å². The number of hydrogen-bond donors (Lipinski definition) is 1. The summed E-state index contributed by atoms with van der Waals surface area (Å²) in [5.41, 5.74) is -0.710. The van der Waals surface area contributed by atoms with Crippen LogP contribution in [0.15, 0.2) is 24.3 Å². The van der Waals surface area contributed by atoms with Crippen molar-refractivity contribution < 1.29 is 19.4 Å². The zero-order valence-electron chi connectivity index (χ0n) is 9.27. The predicted octanol–water partition coefficient (Wildman–Crippen LogP) is 1.43. The number of carbonyl (C=O) groups is 1. The van der Waals surface area contributed by atoms with E-state index in [1.807, 2.05) is 0 Å². The van der Waals surface area contributed by atoms with Crippen molar-refractivity contribution in [2.45, 2.75) is 25.6 Å². The van der Waals surface area contributed by atoms with Gasteiger partial charge in [0.2, 0.25) is 5.60 Å². The van der Waals surface area contributed by atoms with Gasteiger partial charge in [-0.25, -0.2) is 4.79 Å². The smallest absolute Gasteiger partial charge is 0.353 e. The number of ether oxygens (including phenoxy) is 2. The fraction of sp³-hybridized carbons (Fsp3) is 0.417. The average Bonchev–Trinajstić information content (AvgIpc) is 2.54. The van der Waals surface area contributed by atoms with Gasteiger partial charge in [0.1, 0.15) is 11.9 Å². The van der Waals surface area contributed by atoms with Gasteiger partial charge in [-0.15, -0.1) is 0 Å². The maximum absolute atomic E-state index is 11.7. The molecule has 16 heavy (non-hydrogen) atoms. The van der Waals surface area contributed by atoms with Crippen molar-refractivity contribution in [1.29, 1.82) is 0 Å². The molecule has 86 valence electrons. The number of carbonyl (C=O) groups excluding carboxylic acids is 1. The number of hydrogen-bond acceptors (Lipinski definition) is 4. The molecule has 0 saturated heterocycles. The van der Waals surface area contributed by atoms with Gasteiger partial charge in [0.05, 0.1) is 6.61 Å². The lowest BCUT2D eigenvalue weighted by atomic mass is 9.96. The second-order valence-electron chi connectivity index (χ2n) is 3.87. The van der Waals surface area contributed by atoms with Crippen LogP contribution in [0.4, 0.5) is 0 Å². The standard InChI is InChI=1S/C12H14O4/c1-3-15-11(14)12(2)10(13)8-6-4-5-7-9(8)16-12/h4-7,10,13H,3H2,1-2H3. The van der Waals surface area contributed by atoms with E-state index in [2.05, 4.69) is 0 Å². The van der Waals surface area contributed by atoms with Crippen molar-refractivity contribution in [3.05, 3.63) is 29.8 Å². The number of benzene rings is 1. The molecule has 0 aliphatic carbocycles. The zero-order valence-corrected chi connectivity index (χ0v) is 9.27. The maximum Gasteiger partial charge on any atom is 0.353 e. The van der Waals surface area contributed by atoms with Gasteiger partial charge in [0, 0.05) is 5.56 Å². The molecule has 0 radical (unpaired) electrons. The van der Waals surface area contributed by atoms with Crippen LogP contribution in [0.3, 0.4) is 0 Å². The van der Waals surface area contributed by atoms with Gasteiger partial charge in [-0.2, -0.15) is 0 Å². The van der Waals surface area contributed by atoms with Crippen LogP contribution < -0.4 is 4.74 Å². The first kappa shape index (κ1) is 11.0. The number of fused-ring (bicyclic) bond motifs is 1. The minimum Gasteiger partial charge on any atom is -0.472 e. The average molecular weight is 222 g/mol. The summed E-state index contributed by atoms with van der Waals surface area (Å²) < 4.78 is 10.4. The molecule has 1 aromatic rings. The van der Waals surface area contributed by atoms with Crippen LogP contribution >= 0.6 is 0 Å². The lowest BCUT2D eigenvalue weighted by Crippen LogP contribution is -2.44. The highest BCUT2D eigenvalue weighted by atomic mass is 16.6. The predicted molar refractivity (Wildman–Crippen MR) is 57.1 cm³/mol. The molecule has 0 spiro atoms. The monoisotopic (exact) mass is 222 g/mol. The Morgan fingerprint density at radius 3 is 2.88 bits per heavy atom. The molecule has 1 aliphatic rings. The summed E-state index contributed by atoms with van der Waals surface area (Å²) in [5, 5.41) is 10.1. The molecule has 0 amide bonds. The fourth-order valence-electron chi connectivity index (χ4n) is 1.81. The van der Waals surface area contributed by atoms with Gasteiger partial charge in [-0.1, -0.05) is 18.2 Å². The Bertz CT molecular complexity index is 415. The van der Waals surface area contributed by atoms with E-state index in [9.17, 15) is 9.90 Å². The molecule has 0 saturated carbocycles. The van der Waals surface area contributed by atoms with E-state index in [0.717, 1.165) is 0 Å². The molecule has 2 atom stereocenters. The first-order chi connectivity index (χ1) is 7.59. The molecule has 1 aromatic carbocycles. The van der Waals surface area contributed by atoms with Gasteiger partial charge in [-0.3, -0.25) is 0 Å². The Hall–Kier alpha value is -1.55. The van der Waals surface area contributed by atoms with Crippen LogP contribution in [0.5, 0.6) is 5.75 Å². The van der Waals surface area contributed by atoms with Crippen molar-refractivity contribution in [3.63, 3.8) is 0 Å². The molecule has 4 heteroatoms. The summed E-state index contributed by atoms with van der Waals surface area (Å²) in [6, 6.07) is 7.05. The molecular weight excluding hydrogens is 208 g/mol. The second kappa shape index (κ2) is 3.79. The minimum atomic E-state index is -1.33. The van der Waals surface area contributed by atoms with Crippen molar-refractivity contribution in [2.24, 2.45) is 0 Å². The van der Waals surface area contributed by atoms with Gasteiger partial charge in [0.15, 0.2) is 0 Å². The number of para-hydroxylation sites is 1. The molecule has 2 rings (SSSR count). The Labute approximate surface area is 93.8 Å².